The van der Waals surface area contributed by atoms with E-state index < -0.39 is 0 Å². The van der Waals surface area contributed by atoms with E-state index in [1.165, 1.54) is 23.3 Å². The smallest absolute Gasteiger partial charge is 0.354 e. The van der Waals surface area contributed by atoms with Gasteiger partial charge < -0.3 is 19.4 Å². The number of hydrogen-bond acceptors (Lipinski definition) is 9. The van der Waals surface area contributed by atoms with Crippen molar-refractivity contribution in [3.63, 3.8) is 0 Å². The van der Waals surface area contributed by atoms with Crippen LogP contribution < -0.4 is 10.1 Å². The lowest BCUT2D eigenvalue weighted by Crippen LogP contribution is -2.18. The highest BCUT2D eigenvalue weighted by Crippen LogP contribution is 2.39. The number of nitrogens with zero attached hydrogens (tertiary/aromatic N) is 5. The highest BCUT2D eigenvalue weighted by Gasteiger charge is 2.25. The first kappa shape index (κ1) is 34.3. The van der Waals surface area contributed by atoms with Crippen LogP contribution in [-0.4, -0.2) is 64.1 Å². The zero-order valence-corrected chi connectivity index (χ0v) is 30.7. The van der Waals surface area contributed by atoms with Gasteiger partial charge in [-0.15, -0.1) is 23.5 Å². The molecule has 48 heavy (non-hydrogen) atoms. The molecule has 4 heterocycles. The SMILES string of the molecule is C/C=N/N(CC)/C1=C/c2c(Cl)ccc3c(c(C(=O)OC)n(C)c23)CCCOc2cc(cc3c2NCCC3)SCc2cc(nn2C)CSC1. The van der Waals surface area contributed by atoms with E-state index >= 15 is 0 Å². The minimum atomic E-state index is -0.371. The molecule has 1 N–H and O–H groups in total. The second-order valence-electron chi connectivity index (χ2n) is 11.9. The van der Waals surface area contributed by atoms with Crippen LogP contribution in [0, 0.1) is 0 Å². The molecule has 6 rings (SSSR count). The summed E-state index contributed by atoms with van der Waals surface area (Å²) in [7, 11) is 5.36. The van der Waals surface area contributed by atoms with Crippen LogP contribution in [0.15, 0.2) is 46.0 Å². The molecule has 0 saturated carbocycles. The lowest BCUT2D eigenvalue weighted by Gasteiger charge is -2.22. The van der Waals surface area contributed by atoms with Gasteiger partial charge in [0, 0.05) is 82.9 Å². The quantitative estimate of drug-likeness (QED) is 0.130. The number of aromatic nitrogens is 3. The maximum Gasteiger partial charge on any atom is 0.354 e. The minimum absolute atomic E-state index is 0.371. The Morgan fingerprint density at radius 3 is 2.83 bits per heavy atom. The van der Waals surface area contributed by atoms with Gasteiger partial charge in [-0.3, -0.25) is 9.69 Å². The van der Waals surface area contributed by atoms with Gasteiger partial charge in [0.05, 0.1) is 30.6 Å². The first-order chi connectivity index (χ1) is 23.3. The Labute approximate surface area is 296 Å². The van der Waals surface area contributed by atoms with E-state index in [1.54, 1.807) is 18.0 Å². The monoisotopic (exact) mass is 706 g/mol. The molecule has 8 bridgehead atoms. The minimum Gasteiger partial charge on any atom is -0.491 e. The van der Waals surface area contributed by atoms with E-state index in [0.717, 1.165) is 82.2 Å². The Balaban J connectivity index is 1.46. The van der Waals surface area contributed by atoms with Crippen LogP contribution in [0.3, 0.4) is 0 Å². The lowest BCUT2D eigenvalue weighted by atomic mass is 10.0. The van der Waals surface area contributed by atoms with E-state index in [-0.39, 0.29) is 5.97 Å². The van der Waals surface area contributed by atoms with Crippen molar-refractivity contribution in [2.45, 2.75) is 55.9 Å². The van der Waals surface area contributed by atoms with E-state index in [0.29, 0.717) is 36.0 Å². The second-order valence-corrected chi connectivity index (χ2v) is 14.4. The molecule has 4 aromatic rings. The molecular formula is C36H43ClN6O3S2. The average Bonchev–Trinajstić information content (AvgIpc) is 3.59. The first-order valence-electron chi connectivity index (χ1n) is 16.4. The standard InChI is InChI=1S/C36H43ClN6O3S2/c1-6-39-43(7-2)26-18-30-31(37)13-12-29-28(35(36(44)45-5)41(3)34(29)30)11-9-15-46-32-19-27(16-23-10-8-14-38-33(23)32)48-22-25-17-24(20-47-21-26)40-42(25)4/h6,12-13,16-19,38H,7-11,14-15,20-22H2,1-5H3/b26-18+,39-6+. The summed E-state index contributed by atoms with van der Waals surface area (Å²) < 4.78 is 15.7. The molecule has 0 fully saturated rings. The van der Waals surface area contributed by atoms with Gasteiger partial charge in [0.25, 0.3) is 0 Å². The number of nitrogens with one attached hydrogen (secondary N) is 1. The number of rotatable bonds is 4. The number of hydrogen-bond donors (Lipinski definition) is 1. The number of anilines is 1. The largest absolute Gasteiger partial charge is 0.491 e. The van der Waals surface area contributed by atoms with Gasteiger partial charge in [-0.2, -0.15) is 10.2 Å². The van der Waals surface area contributed by atoms with Crippen molar-refractivity contribution < 1.29 is 14.3 Å². The van der Waals surface area contributed by atoms with Crippen molar-refractivity contribution in [1.29, 1.82) is 0 Å². The zero-order chi connectivity index (χ0) is 33.8. The number of halogens is 1. The molecule has 12 heteroatoms. The zero-order valence-electron chi connectivity index (χ0n) is 28.3. The molecule has 0 aliphatic carbocycles. The van der Waals surface area contributed by atoms with Crippen molar-refractivity contribution >= 4 is 70.0 Å². The first-order valence-corrected chi connectivity index (χ1v) is 18.9. The van der Waals surface area contributed by atoms with Crippen molar-refractivity contribution in [2.75, 3.05) is 37.9 Å². The summed E-state index contributed by atoms with van der Waals surface area (Å²) in [5.74, 6) is 2.78. The van der Waals surface area contributed by atoms with Crippen molar-refractivity contribution in [3.8, 4) is 5.75 Å². The summed E-state index contributed by atoms with van der Waals surface area (Å²) in [5, 5.41) is 16.7. The second kappa shape index (κ2) is 15.3. The molecule has 2 aromatic heterocycles. The fraction of sp³-hybridized carbons (Fsp3) is 0.417. The molecule has 2 aliphatic heterocycles. The van der Waals surface area contributed by atoms with Crippen LogP contribution in [0.1, 0.15) is 65.3 Å². The molecule has 254 valence electrons. The Bertz CT molecular complexity index is 1880. The third-order valence-corrected chi connectivity index (χ3v) is 11.2. The van der Waals surface area contributed by atoms with Crippen molar-refractivity contribution in [3.05, 3.63) is 74.8 Å². The van der Waals surface area contributed by atoms with Gasteiger partial charge in [0.15, 0.2) is 0 Å². The number of hydrazone groups is 1. The molecule has 0 atom stereocenters. The van der Waals surface area contributed by atoms with E-state index in [4.69, 9.17) is 26.2 Å². The fourth-order valence-electron chi connectivity index (χ4n) is 6.59. The topological polar surface area (TPSA) is 85.9 Å². The number of methoxy groups -OCH3 is 1. The number of fused-ring (bicyclic) bond motifs is 6. The van der Waals surface area contributed by atoms with Crippen LogP contribution in [0.25, 0.3) is 17.0 Å². The van der Waals surface area contributed by atoms with Crippen LogP contribution in [0.2, 0.25) is 5.02 Å². The summed E-state index contributed by atoms with van der Waals surface area (Å²) in [5.41, 5.74) is 8.84. The van der Waals surface area contributed by atoms with Gasteiger partial charge >= 0.3 is 5.97 Å². The van der Waals surface area contributed by atoms with E-state index in [1.807, 2.05) is 59.2 Å². The maximum absolute atomic E-state index is 13.3. The summed E-state index contributed by atoms with van der Waals surface area (Å²) >= 11 is 10.6. The van der Waals surface area contributed by atoms with E-state index in [2.05, 4.69) is 41.6 Å². The third kappa shape index (κ3) is 7.09. The van der Waals surface area contributed by atoms with Crippen molar-refractivity contribution in [2.24, 2.45) is 19.2 Å². The molecule has 0 unspecified atom stereocenters. The Kier molecular flexibility index (Phi) is 11.0. The number of carbonyl (C=O) groups excluding carboxylic acids is 1. The number of carbonyl (C=O) groups is 1. The Morgan fingerprint density at radius 2 is 2.04 bits per heavy atom. The lowest BCUT2D eigenvalue weighted by molar-refractivity contribution is 0.0589. The molecule has 9 nitrogen and oxygen atoms in total. The van der Waals surface area contributed by atoms with Crippen LogP contribution in [0.5, 0.6) is 5.75 Å². The number of aryl methyl sites for hydroxylation is 4. The van der Waals surface area contributed by atoms with Crippen LogP contribution in [0.4, 0.5) is 5.69 Å². The van der Waals surface area contributed by atoms with Gasteiger partial charge in [0.1, 0.15) is 11.4 Å². The summed E-state index contributed by atoms with van der Waals surface area (Å²) in [4.78, 5) is 14.5. The molecule has 0 amide bonds. The van der Waals surface area contributed by atoms with E-state index in [9.17, 15) is 4.79 Å². The molecule has 0 spiro atoms. The van der Waals surface area contributed by atoms with Gasteiger partial charge in [0.2, 0.25) is 0 Å². The number of thioether (sulfide) groups is 2. The van der Waals surface area contributed by atoms with Crippen molar-refractivity contribution in [1.82, 2.24) is 19.4 Å². The normalized spacial score (nSPS) is 16.8. The summed E-state index contributed by atoms with van der Waals surface area (Å²) in [6.45, 7) is 6.14. The summed E-state index contributed by atoms with van der Waals surface area (Å²) in [6, 6.07) is 10.6. The highest BCUT2D eigenvalue weighted by molar-refractivity contribution is 7.98. The molecule has 0 radical (unpaired) electrons. The molecule has 2 aromatic carbocycles. The molecule has 2 aliphatic rings. The third-order valence-electron chi connectivity index (χ3n) is 8.85. The number of esters is 1. The predicted molar refractivity (Wildman–Crippen MR) is 200 cm³/mol. The molecule has 0 saturated heterocycles. The Hall–Kier alpha value is -3.54. The predicted octanol–water partition coefficient (Wildman–Crippen LogP) is 7.93. The maximum atomic E-state index is 13.3. The molecular weight excluding hydrogens is 664 g/mol. The highest BCUT2D eigenvalue weighted by atomic mass is 35.5. The summed E-state index contributed by atoms with van der Waals surface area (Å²) in [6.07, 6.45) is 7.41. The van der Waals surface area contributed by atoms with Crippen LogP contribution >= 0.6 is 35.1 Å². The fourth-order valence-corrected chi connectivity index (χ4v) is 8.69. The number of ether oxygens (including phenoxy) is 2. The van der Waals surface area contributed by atoms with Crippen LogP contribution in [-0.2, 0) is 43.2 Å². The van der Waals surface area contributed by atoms with Gasteiger partial charge in [-0.1, -0.05) is 17.7 Å². The number of benzene rings is 2. The Morgan fingerprint density at radius 1 is 1.19 bits per heavy atom. The average molecular weight is 707 g/mol. The van der Waals surface area contributed by atoms with Gasteiger partial charge in [-0.25, -0.2) is 4.79 Å². The van der Waals surface area contributed by atoms with Gasteiger partial charge in [-0.05, 0) is 81.0 Å².